The molecular weight excluding hydrogens is 376 g/mol. The monoisotopic (exact) mass is 394 g/mol. The third-order valence-electron chi connectivity index (χ3n) is 3.87. The van der Waals surface area contributed by atoms with Crippen molar-refractivity contribution < 1.29 is 19.1 Å². The molecule has 0 aliphatic heterocycles. The molecule has 0 radical (unpaired) electrons. The van der Waals surface area contributed by atoms with E-state index in [1.807, 2.05) is 12.1 Å². The number of benzene rings is 1. The van der Waals surface area contributed by atoms with Gasteiger partial charge in [-0.3, -0.25) is 4.79 Å². The van der Waals surface area contributed by atoms with Crippen LogP contribution in [0.1, 0.15) is 35.6 Å². The first-order chi connectivity index (χ1) is 13.5. The average Bonchev–Trinajstić information content (AvgIpc) is 3.08. The van der Waals surface area contributed by atoms with Crippen molar-refractivity contribution in [3.05, 3.63) is 59.4 Å². The molecule has 3 rings (SSSR count). The molecule has 8 heteroatoms. The number of rotatable bonds is 7. The Hall–Kier alpha value is -3.18. The third kappa shape index (κ3) is 4.38. The molecule has 0 aliphatic rings. The van der Waals surface area contributed by atoms with Crippen molar-refractivity contribution in [1.29, 1.82) is 5.26 Å². The van der Waals surface area contributed by atoms with E-state index in [0.717, 1.165) is 23.9 Å². The first-order valence-corrected chi connectivity index (χ1v) is 9.68. The summed E-state index contributed by atoms with van der Waals surface area (Å²) in [6, 6.07) is 14.4. The molecule has 0 unspecified atom stereocenters. The fourth-order valence-corrected chi connectivity index (χ4v) is 3.49. The summed E-state index contributed by atoms with van der Waals surface area (Å²) in [6.07, 6.45) is 0.775. The van der Waals surface area contributed by atoms with Crippen LogP contribution in [0.25, 0.3) is 5.69 Å². The number of hydrogen-bond acceptors (Lipinski definition) is 7. The first-order valence-electron chi connectivity index (χ1n) is 8.70. The lowest BCUT2D eigenvalue weighted by Gasteiger charge is -2.07. The van der Waals surface area contributed by atoms with Gasteiger partial charge in [0.2, 0.25) is 11.5 Å². The predicted octanol–water partition coefficient (Wildman–Crippen LogP) is 2.47. The molecule has 0 N–H and O–H groups in total. The van der Waals surface area contributed by atoms with Crippen LogP contribution in [0.4, 0.5) is 0 Å². The topological polar surface area (TPSA) is 107 Å². The van der Waals surface area contributed by atoms with Crippen molar-refractivity contribution in [3.63, 3.8) is 0 Å². The van der Waals surface area contributed by atoms with Crippen molar-refractivity contribution in [2.45, 2.75) is 25.3 Å². The van der Waals surface area contributed by atoms with Gasteiger partial charge >= 0.3 is 5.69 Å². The summed E-state index contributed by atoms with van der Waals surface area (Å²) in [7, 11) is 0. The van der Waals surface area contributed by atoms with Crippen molar-refractivity contribution in [2.75, 3.05) is 5.75 Å². The van der Waals surface area contributed by atoms with Crippen molar-refractivity contribution >= 4 is 17.5 Å². The van der Waals surface area contributed by atoms with Gasteiger partial charge < -0.3 is 9.63 Å². The lowest BCUT2D eigenvalue weighted by atomic mass is 10.1. The first kappa shape index (κ1) is 19.6. The highest BCUT2D eigenvalue weighted by Gasteiger charge is 2.27. The van der Waals surface area contributed by atoms with E-state index in [2.05, 4.69) is 30.2 Å². The maximum absolute atomic E-state index is 12.7. The number of ketones is 1. The Morgan fingerprint density at radius 2 is 2.04 bits per heavy atom. The SMILES string of the molecule is CC(C)Cc1ccc(C#N)c(SCC(=O)c2c([O-])on[n+]2-c2ccccc2)n1. The zero-order valence-electron chi connectivity index (χ0n) is 15.5. The molecule has 0 atom stereocenters. The minimum Gasteiger partial charge on any atom is -0.539 e. The van der Waals surface area contributed by atoms with Gasteiger partial charge in [0.15, 0.2) is 5.95 Å². The maximum Gasteiger partial charge on any atom is 0.307 e. The van der Waals surface area contributed by atoms with E-state index in [-0.39, 0.29) is 11.4 Å². The van der Waals surface area contributed by atoms with E-state index in [1.165, 1.54) is 4.68 Å². The lowest BCUT2D eigenvalue weighted by Crippen LogP contribution is -2.39. The fourth-order valence-electron chi connectivity index (χ4n) is 2.63. The summed E-state index contributed by atoms with van der Waals surface area (Å²) < 4.78 is 5.88. The number of pyridine rings is 1. The number of carbonyl (C=O) groups excluding carboxylic acids is 1. The quantitative estimate of drug-likeness (QED) is 0.344. The molecule has 142 valence electrons. The van der Waals surface area contributed by atoms with Crippen LogP contribution in [-0.4, -0.2) is 21.8 Å². The molecule has 7 nitrogen and oxygen atoms in total. The smallest absolute Gasteiger partial charge is 0.307 e. The van der Waals surface area contributed by atoms with Gasteiger partial charge in [0.1, 0.15) is 11.1 Å². The standard InChI is InChI=1S/C20H18N4O3S/c1-13(2)10-15-9-8-14(11-21)19(22-15)28-12-17(25)18-20(26)27-23-24(18)16-6-4-3-5-7-16/h3-9,13H,10,12H2,1-2H3. The number of nitrogens with zero attached hydrogens (tertiary/aromatic N) is 4. The second-order valence-electron chi connectivity index (χ2n) is 6.53. The number of thioether (sulfide) groups is 1. The summed E-state index contributed by atoms with van der Waals surface area (Å²) in [5.74, 6) is -0.878. The average molecular weight is 394 g/mol. The highest BCUT2D eigenvalue weighted by atomic mass is 32.2. The van der Waals surface area contributed by atoms with Crippen molar-refractivity contribution in [1.82, 2.24) is 10.3 Å². The highest BCUT2D eigenvalue weighted by Crippen LogP contribution is 2.23. The van der Waals surface area contributed by atoms with Gasteiger partial charge in [-0.15, -0.1) is 0 Å². The van der Waals surface area contributed by atoms with Gasteiger partial charge in [0.05, 0.1) is 16.6 Å². The molecule has 0 saturated heterocycles. The van der Waals surface area contributed by atoms with E-state index in [4.69, 9.17) is 4.52 Å². The van der Waals surface area contributed by atoms with Gasteiger partial charge in [0, 0.05) is 17.8 Å². The molecule has 0 saturated carbocycles. The van der Waals surface area contributed by atoms with Crippen LogP contribution in [0.15, 0.2) is 52.0 Å². The molecule has 0 spiro atoms. The normalized spacial score (nSPS) is 10.8. The van der Waals surface area contributed by atoms with Crippen LogP contribution >= 0.6 is 11.8 Å². The van der Waals surface area contributed by atoms with E-state index in [9.17, 15) is 15.2 Å². The Morgan fingerprint density at radius 3 is 2.71 bits per heavy atom. The lowest BCUT2D eigenvalue weighted by molar-refractivity contribution is -0.672. The molecule has 0 aliphatic carbocycles. The number of nitriles is 1. The van der Waals surface area contributed by atoms with Gasteiger partial charge in [0.25, 0.3) is 0 Å². The number of aromatic nitrogens is 3. The zero-order chi connectivity index (χ0) is 20.1. The Bertz CT molecular complexity index is 1030. The Labute approximate surface area is 166 Å². The van der Waals surface area contributed by atoms with Crippen LogP contribution in [0, 0.1) is 17.2 Å². The predicted molar refractivity (Wildman–Crippen MR) is 100 cm³/mol. The van der Waals surface area contributed by atoms with Gasteiger partial charge in [-0.25, -0.2) is 4.98 Å². The summed E-state index contributed by atoms with van der Waals surface area (Å²) in [5.41, 5.74) is 1.65. The van der Waals surface area contributed by atoms with Crippen molar-refractivity contribution in [3.8, 4) is 17.7 Å². The van der Waals surface area contributed by atoms with E-state index >= 15 is 0 Å². The fraction of sp³-hybridized carbons (Fsp3) is 0.250. The molecule has 0 fully saturated rings. The molecule has 2 aromatic heterocycles. The summed E-state index contributed by atoms with van der Waals surface area (Å²) in [4.78, 5) is 17.2. The van der Waals surface area contributed by atoms with E-state index in [1.54, 1.807) is 30.3 Å². The number of para-hydroxylation sites is 1. The second-order valence-corrected chi connectivity index (χ2v) is 7.50. The molecule has 2 heterocycles. The van der Waals surface area contributed by atoms with E-state index < -0.39 is 11.7 Å². The van der Waals surface area contributed by atoms with Crippen LogP contribution in [-0.2, 0) is 6.42 Å². The Morgan fingerprint density at radius 1 is 1.29 bits per heavy atom. The molecule has 3 aromatic rings. The molecule has 1 aromatic carbocycles. The summed E-state index contributed by atoms with van der Waals surface area (Å²) in [5, 5.41) is 25.5. The van der Waals surface area contributed by atoms with Gasteiger partial charge in [-0.05, 0) is 29.2 Å². The zero-order valence-corrected chi connectivity index (χ0v) is 16.3. The maximum atomic E-state index is 12.7. The Kier molecular flexibility index (Phi) is 6.06. The summed E-state index contributed by atoms with van der Waals surface area (Å²) in [6.45, 7) is 4.17. The minimum absolute atomic E-state index is 0.0594. The van der Waals surface area contributed by atoms with Gasteiger partial charge in [-0.1, -0.05) is 43.8 Å². The third-order valence-corrected chi connectivity index (χ3v) is 4.86. The van der Waals surface area contributed by atoms with Crippen LogP contribution < -0.4 is 9.79 Å². The van der Waals surface area contributed by atoms with Crippen LogP contribution in [0.5, 0.6) is 5.95 Å². The highest BCUT2D eigenvalue weighted by molar-refractivity contribution is 8.00. The second kappa shape index (κ2) is 8.67. The van der Waals surface area contributed by atoms with Crippen molar-refractivity contribution in [2.24, 2.45) is 5.92 Å². The number of carbonyl (C=O) groups is 1. The largest absolute Gasteiger partial charge is 0.539 e. The van der Waals surface area contributed by atoms with Gasteiger partial charge in [-0.2, -0.15) is 5.26 Å². The summed E-state index contributed by atoms with van der Waals surface area (Å²) >= 11 is 1.13. The molecule has 0 bridgehead atoms. The molecule has 0 amide bonds. The molecular formula is C20H18N4O3S. The minimum atomic E-state index is -0.795. The Balaban J connectivity index is 1.82. The molecule has 28 heavy (non-hydrogen) atoms. The number of Topliss-reactive ketones (excluding diaryl/α,β-unsaturated/α-hetero) is 1. The van der Waals surface area contributed by atoms with Crippen LogP contribution in [0.3, 0.4) is 0 Å². The van der Waals surface area contributed by atoms with E-state index in [0.29, 0.717) is 22.2 Å². The van der Waals surface area contributed by atoms with Crippen LogP contribution in [0.2, 0.25) is 0 Å². The number of hydrogen-bond donors (Lipinski definition) is 0.